The van der Waals surface area contributed by atoms with E-state index in [1.54, 1.807) is 11.3 Å². The van der Waals surface area contributed by atoms with Gasteiger partial charge in [-0.3, -0.25) is 9.69 Å². The number of nitrogens with zero attached hydrogens (tertiary/aromatic N) is 2. The molecule has 2 unspecified atom stereocenters. The van der Waals surface area contributed by atoms with Gasteiger partial charge in [0, 0.05) is 18.0 Å². The van der Waals surface area contributed by atoms with E-state index in [9.17, 15) is 9.90 Å². The monoisotopic (exact) mass is 444 g/mol. The van der Waals surface area contributed by atoms with Crippen LogP contribution in [0.25, 0.3) is 0 Å². The highest BCUT2D eigenvalue weighted by Crippen LogP contribution is 2.34. The minimum absolute atomic E-state index is 0.0814. The number of benzene rings is 1. The lowest BCUT2D eigenvalue weighted by atomic mass is 10.00. The second-order valence-corrected chi connectivity index (χ2v) is 9.58. The summed E-state index contributed by atoms with van der Waals surface area (Å²) in [4.78, 5) is 18.6. The molecule has 0 saturated carbocycles. The Kier molecular flexibility index (Phi) is 8.52. The summed E-state index contributed by atoms with van der Waals surface area (Å²) in [6, 6.07) is 10.3. The maximum atomic E-state index is 13.3. The summed E-state index contributed by atoms with van der Waals surface area (Å²) in [6.45, 7) is 11.1. The standard InChI is InChI=1S/C25H36N2O3S/c1-5-20(28)15-26(6-2)16-25(29)27-13-11-24-22(12-14-31-24)23(27)17-30-21-9-7-19(8-10-21)18(3)4/h7-10,12,14,18,20,23,28H,5-6,11,13,15-17H2,1-4H3. The van der Waals surface area contributed by atoms with Crippen LogP contribution in [0.3, 0.4) is 0 Å². The highest BCUT2D eigenvalue weighted by atomic mass is 32.1. The summed E-state index contributed by atoms with van der Waals surface area (Å²) in [5, 5.41) is 12.1. The Morgan fingerprint density at radius 2 is 2.00 bits per heavy atom. The van der Waals surface area contributed by atoms with Gasteiger partial charge in [0.2, 0.25) is 5.91 Å². The van der Waals surface area contributed by atoms with Gasteiger partial charge < -0.3 is 14.7 Å². The first-order valence-corrected chi connectivity index (χ1v) is 12.3. The smallest absolute Gasteiger partial charge is 0.237 e. The van der Waals surface area contributed by atoms with E-state index < -0.39 is 6.10 Å². The zero-order valence-electron chi connectivity index (χ0n) is 19.2. The Bertz CT molecular complexity index is 834. The molecule has 170 valence electrons. The Hall–Kier alpha value is -1.89. The molecule has 1 aliphatic rings. The third-order valence-electron chi connectivity index (χ3n) is 6.12. The van der Waals surface area contributed by atoms with Gasteiger partial charge in [0.1, 0.15) is 12.4 Å². The fourth-order valence-corrected chi connectivity index (χ4v) is 4.94. The van der Waals surface area contributed by atoms with Crippen molar-refractivity contribution in [2.75, 3.05) is 32.8 Å². The number of rotatable bonds is 10. The first-order chi connectivity index (χ1) is 14.9. The van der Waals surface area contributed by atoms with Gasteiger partial charge in [-0.1, -0.05) is 39.8 Å². The molecule has 0 radical (unpaired) electrons. The predicted octanol–water partition coefficient (Wildman–Crippen LogP) is 4.47. The zero-order valence-corrected chi connectivity index (χ0v) is 20.0. The molecule has 0 bridgehead atoms. The maximum Gasteiger partial charge on any atom is 0.237 e. The molecule has 1 aromatic carbocycles. The normalized spacial score (nSPS) is 17.1. The van der Waals surface area contributed by atoms with Crippen LogP contribution in [0.1, 0.15) is 62.1 Å². The van der Waals surface area contributed by atoms with Gasteiger partial charge in [0.15, 0.2) is 0 Å². The third-order valence-corrected chi connectivity index (χ3v) is 7.11. The van der Waals surface area contributed by atoms with Crippen LogP contribution in [-0.2, 0) is 11.2 Å². The van der Waals surface area contributed by atoms with Crippen LogP contribution in [0.5, 0.6) is 5.75 Å². The molecule has 1 N–H and O–H groups in total. The highest BCUT2D eigenvalue weighted by molar-refractivity contribution is 7.10. The number of carbonyl (C=O) groups excluding carboxylic acids is 1. The van der Waals surface area contributed by atoms with Gasteiger partial charge in [-0.05, 0) is 60.0 Å². The molecule has 0 fully saturated rings. The zero-order chi connectivity index (χ0) is 22.4. The number of aliphatic hydroxyl groups is 1. The van der Waals surface area contributed by atoms with Crippen molar-refractivity contribution in [3.63, 3.8) is 0 Å². The maximum absolute atomic E-state index is 13.3. The van der Waals surface area contributed by atoms with Crippen molar-refractivity contribution in [1.29, 1.82) is 0 Å². The van der Waals surface area contributed by atoms with Gasteiger partial charge in [0.25, 0.3) is 0 Å². The molecule has 0 saturated heterocycles. The number of fused-ring (bicyclic) bond motifs is 1. The molecular formula is C25H36N2O3S. The molecule has 1 amide bonds. The van der Waals surface area contributed by atoms with E-state index >= 15 is 0 Å². The fraction of sp³-hybridized carbons (Fsp3) is 0.560. The number of amides is 1. The van der Waals surface area contributed by atoms with E-state index in [2.05, 4.69) is 37.4 Å². The topological polar surface area (TPSA) is 53.0 Å². The number of hydrogen-bond acceptors (Lipinski definition) is 5. The van der Waals surface area contributed by atoms with Crippen molar-refractivity contribution < 1.29 is 14.6 Å². The van der Waals surface area contributed by atoms with Crippen molar-refractivity contribution in [2.45, 2.75) is 58.6 Å². The minimum atomic E-state index is -0.398. The number of likely N-dealkylation sites (N-methyl/N-ethyl adjacent to an activating group) is 1. The summed E-state index contributed by atoms with van der Waals surface area (Å²) in [5.74, 6) is 1.42. The van der Waals surface area contributed by atoms with Crippen LogP contribution in [-0.4, -0.2) is 59.7 Å². The summed E-state index contributed by atoms with van der Waals surface area (Å²) < 4.78 is 6.16. The van der Waals surface area contributed by atoms with Crippen LogP contribution in [0.2, 0.25) is 0 Å². The van der Waals surface area contributed by atoms with E-state index in [0.29, 0.717) is 38.6 Å². The van der Waals surface area contributed by atoms with Gasteiger partial charge in [-0.2, -0.15) is 0 Å². The van der Waals surface area contributed by atoms with Crippen LogP contribution in [0.15, 0.2) is 35.7 Å². The Morgan fingerprint density at radius 1 is 1.26 bits per heavy atom. The van der Waals surface area contributed by atoms with Crippen molar-refractivity contribution in [3.05, 3.63) is 51.7 Å². The van der Waals surface area contributed by atoms with Gasteiger partial charge in [-0.25, -0.2) is 0 Å². The molecule has 0 aliphatic carbocycles. The first-order valence-electron chi connectivity index (χ1n) is 11.4. The molecule has 5 nitrogen and oxygen atoms in total. The SMILES string of the molecule is CCC(O)CN(CC)CC(=O)N1CCc2sccc2C1COc1ccc(C(C)C)cc1. The molecule has 0 spiro atoms. The van der Waals surface area contributed by atoms with E-state index in [-0.39, 0.29) is 11.9 Å². The van der Waals surface area contributed by atoms with Gasteiger partial charge in [0.05, 0.1) is 18.7 Å². The summed E-state index contributed by atoms with van der Waals surface area (Å²) >= 11 is 1.76. The van der Waals surface area contributed by atoms with E-state index in [4.69, 9.17) is 4.74 Å². The lowest BCUT2D eigenvalue weighted by Gasteiger charge is -2.37. The van der Waals surface area contributed by atoms with E-state index in [1.807, 2.05) is 35.8 Å². The van der Waals surface area contributed by atoms with Crippen molar-refractivity contribution in [1.82, 2.24) is 9.80 Å². The van der Waals surface area contributed by atoms with Crippen molar-refractivity contribution >= 4 is 17.2 Å². The molecule has 1 aromatic heterocycles. The van der Waals surface area contributed by atoms with Gasteiger partial charge >= 0.3 is 0 Å². The quantitative estimate of drug-likeness (QED) is 0.587. The van der Waals surface area contributed by atoms with Gasteiger partial charge in [-0.15, -0.1) is 11.3 Å². The first kappa shape index (κ1) is 23.8. The Balaban J connectivity index is 1.70. The average Bonchev–Trinajstić information content (AvgIpc) is 3.26. The number of hydrogen-bond donors (Lipinski definition) is 1. The number of ether oxygens (including phenoxy) is 1. The molecule has 31 heavy (non-hydrogen) atoms. The Morgan fingerprint density at radius 3 is 2.65 bits per heavy atom. The summed E-state index contributed by atoms with van der Waals surface area (Å²) in [6.07, 6.45) is 1.19. The summed E-state index contributed by atoms with van der Waals surface area (Å²) in [5.41, 5.74) is 2.50. The molecule has 6 heteroatoms. The molecule has 3 rings (SSSR count). The lowest BCUT2D eigenvalue weighted by molar-refractivity contribution is -0.136. The lowest BCUT2D eigenvalue weighted by Crippen LogP contribution is -2.47. The highest BCUT2D eigenvalue weighted by Gasteiger charge is 2.32. The largest absolute Gasteiger partial charge is 0.491 e. The molecule has 2 heterocycles. The Labute approximate surface area is 190 Å². The third kappa shape index (κ3) is 6.09. The molecule has 2 aromatic rings. The fourth-order valence-electron chi connectivity index (χ4n) is 4.01. The molecular weight excluding hydrogens is 408 g/mol. The van der Waals surface area contributed by atoms with Crippen molar-refractivity contribution in [3.8, 4) is 5.75 Å². The van der Waals surface area contributed by atoms with Crippen LogP contribution in [0.4, 0.5) is 0 Å². The van der Waals surface area contributed by atoms with Crippen LogP contribution >= 0.6 is 11.3 Å². The van der Waals surface area contributed by atoms with E-state index in [0.717, 1.165) is 18.7 Å². The average molecular weight is 445 g/mol. The second-order valence-electron chi connectivity index (χ2n) is 8.58. The number of carbonyl (C=O) groups is 1. The minimum Gasteiger partial charge on any atom is -0.491 e. The predicted molar refractivity (Wildman–Crippen MR) is 127 cm³/mol. The number of thiophene rings is 1. The van der Waals surface area contributed by atoms with E-state index in [1.165, 1.54) is 16.0 Å². The number of aliphatic hydroxyl groups excluding tert-OH is 1. The van der Waals surface area contributed by atoms with Crippen LogP contribution in [0, 0.1) is 0 Å². The summed E-state index contributed by atoms with van der Waals surface area (Å²) in [7, 11) is 0. The van der Waals surface area contributed by atoms with Crippen molar-refractivity contribution in [2.24, 2.45) is 0 Å². The molecule has 2 atom stereocenters. The van der Waals surface area contributed by atoms with Crippen LogP contribution < -0.4 is 4.74 Å². The second kappa shape index (κ2) is 11.1. The molecule has 1 aliphatic heterocycles.